The van der Waals surface area contributed by atoms with Crippen LogP contribution in [0.1, 0.15) is 43.5 Å². The Labute approximate surface area is 128 Å². The van der Waals surface area contributed by atoms with Gasteiger partial charge in [0.05, 0.1) is 5.56 Å². The molecule has 1 heterocycles. The average Bonchev–Trinajstić information content (AvgIpc) is 2.44. The van der Waals surface area contributed by atoms with E-state index in [1.54, 1.807) is 12.4 Å². The summed E-state index contributed by atoms with van der Waals surface area (Å²) >= 11 is 3.35. The lowest BCUT2D eigenvalue weighted by Crippen LogP contribution is -2.54. The molecule has 3 nitrogen and oxygen atoms in total. The molecule has 3 saturated carbocycles. The Morgan fingerprint density at radius 2 is 2.25 bits per heavy atom. The number of carbonyl (C=O) groups is 1. The standard InChI is InChI=1S/C16H21BrN2O/c1-16(2)12-4-3-10(14(16)6-12)8-19-15(20)11-5-13(17)9-18-7-11/h5,7,9-10,12,14H,3-4,6,8H2,1-2H3,(H,19,20)/t10-,12-,14-/m0/s1. The van der Waals surface area contributed by atoms with E-state index in [4.69, 9.17) is 0 Å². The molecular weight excluding hydrogens is 316 g/mol. The Balaban J connectivity index is 1.58. The van der Waals surface area contributed by atoms with E-state index in [0.717, 1.165) is 22.9 Å². The van der Waals surface area contributed by atoms with Gasteiger partial charge in [0, 0.05) is 23.4 Å². The predicted octanol–water partition coefficient (Wildman–Crippen LogP) is 3.65. The Bertz CT molecular complexity index is 527. The topological polar surface area (TPSA) is 42.0 Å². The SMILES string of the molecule is CC1(C)[C@H]2CC[C@@H](CNC(=O)c3cncc(Br)c3)[C@@H]1C2. The maximum absolute atomic E-state index is 12.1. The van der Waals surface area contributed by atoms with Crippen molar-refractivity contribution in [2.24, 2.45) is 23.2 Å². The number of pyridine rings is 1. The van der Waals surface area contributed by atoms with Crippen molar-refractivity contribution in [3.8, 4) is 0 Å². The Kier molecular flexibility index (Phi) is 3.61. The van der Waals surface area contributed by atoms with Crippen molar-refractivity contribution in [2.75, 3.05) is 6.54 Å². The van der Waals surface area contributed by atoms with Gasteiger partial charge in [-0.15, -0.1) is 0 Å². The molecule has 1 aromatic heterocycles. The minimum Gasteiger partial charge on any atom is -0.352 e. The summed E-state index contributed by atoms with van der Waals surface area (Å²) in [6.07, 6.45) is 7.24. The molecular formula is C16H21BrN2O. The molecule has 0 aromatic carbocycles. The minimum absolute atomic E-state index is 0.0157. The highest BCUT2D eigenvalue weighted by molar-refractivity contribution is 9.10. The van der Waals surface area contributed by atoms with E-state index in [2.05, 4.69) is 40.1 Å². The van der Waals surface area contributed by atoms with Crippen LogP contribution in [0.2, 0.25) is 0 Å². The van der Waals surface area contributed by atoms with Crippen molar-refractivity contribution >= 4 is 21.8 Å². The monoisotopic (exact) mass is 336 g/mol. The molecule has 3 aliphatic rings. The molecule has 1 aromatic rings. The molecule has 20 heavy (non-hydrogen) atoms. The molecule has 3 aliphatic carbocycles. The first-order valence-electron chi connectivity index (χ1n) is 7.37. The first-order chi connectivity index (χ1) is 9.48. The van der Waals surface area contributed by atoms with E-state index in [1.807, 2.05) is 6.07 Å². The van der Waals surface area contributed by atoms with Gasteiger partial charge in [0.1, 0.15) is 0 Å². The second kappa shape index (κ2) is 5.14. The molecule has 3 fully saturated rings. The lowest BCUT2D eigenvalue weighted by Gasteiger charge is -2.60. The van der Waals surface area contributed by atoms with E-state index in [9.17, 15) is 4.79 Å². The Morgan fingerprint density at radius 3 is 2.90 bits per heavy atom. The summed E-state index contributed by atoms with van der Waals surface area (Å²) in [5.41, 5.74) is 1.10. The number of fused-ring (bicyclic) bond motifs is 2. The quantitative estimate of drug-likeness (QED) is 0.915. The first-order valence-corrected chi connectivity index (χ1v) is 8.16. The first kappa shape index (κ1) is 14.1. The summed E-state index contributed by atoms with van der Waals surface area (Å²) in [4.78, 5) is 16.2. The van der Waals surface area contributed by atoms with Crippen LogP contribution in [-0.4, -0.2) is 17.4 Å². The van der Waals surface area contributed by atoms with Crippen molar-refractivity contribution < 1.29 is 4.79 Å². The smallest absolute Gasteiger partial charge is 0.252 e. The Morgan fingerprint density at radius 1 is 1.45 bits per heavy atom. The zero-order chi connectivity index (χ0) is 14.3. The van der Waals surface area contributed by atoms with Gasteiger partial charge in [-0.05, 0) is 64.4 Å². The molecule has 2 bridgehead atoms. The summed E-state index contributed by atoms with van der Waals surface area (Å²) in [5, 5.41) is 3.09. The fourth-order valence-electron chi connectivity index (χ4n) is 4.07. The van der Waals surface area contributed by atoms with Crippen LogP contribution in [0.4, 0.5) is 0 Å². The highest BCUT2D eigenvalue weighted by Crippen LogP contribution is 2.61. The van der Waals surface area contributed by atoms with Crippen LogP contribution in [-0.2, 0) is 0 Å². The van der Waals surface area contributed by atoms with Gasteiger partial charge in [0.2, 0.25) is 0 Å². The fourth-order valence-corrected chi connectivity index (χ4v) is 4.43. The van der Waals surface area contributed by atoms with Gasteiger partial charge in [-0.3, -0.25) is 9.78 Å². The second-order valence-corrected chi connectivity index (χ2v) is 7.72. The van der Waals surface area contributed by atoms with Crippen LogP contribution in [0, 0.1) is 23.2 Å². The third-order valence-electron chi connectivity index (χ3n) is 5.49. The number of rotatable bonds is 3. The van der Waals surface area contributed by atoms with Gasteiger partial charge in [0.15, 0.2) is 0 Å². The van der Waals surface area contributed by atoms with Crippen LogP contribution < -0.4 is 5.32 Å². The molecule has 4 rings (SSSR count). The zero-order valence-corrected chi connectivity index (χ0v) is 13.6. The van der Waals surface area contributed by atoms with Crippen LogP contribution >= 0.6 is 15.9 Å². The number of hydrogen-bond acceptors (Lipinski definition) is 2. The fraction of sp³-hybridized carbons (Fsp3) is 0.625. The minimum atomic E-state index is -0.0157. The van der Waals surface area contributed by atoms with Crippen LogP contribution in [0.5, 0.6) is 0 Å². The largest absolute Gasteiger partial charge is 0.352 e. The van der Waals surface area contributed by atoms with Gasteiger partial charge >= 0.3 is 0 Å². The molecule has 108 valence electrons. The lowest BCUT2D eigenvalue weighted by atomic mass is 9.45. The lowest BCUT2D eigenvalue weighted by molar-refractivity contribution is -0.103. The number of halogens is 1. The normalized spacial score (nSPS) is 30.4. The third kappa shape index (κ3) is 2.39. The summed E-state index contributed by atoms with van der Waals surface area (Å²) in [6, 6.07) is 1.81. The zero-order valence-electron chi connectivity index (χ0n) is 12.0. The number of nitrogens with zero attached hydrogens (tertiary/aromatic N) is 1. The number of carbonyl (C=O) groups excluding carboxylic acids is 1. The van der Waals surface area contributed by atoms with Gasteiger partial charge in [-0.25, -0.2) is 0 Å². The second-order valence-electron chi connectivity index (χ2n) is 6.80. The van der Waals surface area contributed by atoms with E-state index >= 15 is 0 Å². The van der Waals surface area contributed by atoms with Gasteiger partial charge < -0.3 is 5.32 Å². The maximum Gasteiger partial charge on any atom is 0.252 e. The van der Waals surface area contributed by atoms with Crippen molar-refractivity contribution in [3.05, 3.63) is 28.5 Å². The molecule has 1 N–H and O–H groups in total. The van der Waals surface area contributed by atoms with E-state index in [1.165, 1.54) is 19.3 Å². The molecule has 1 amide bonds. The molecule has 0 aliphatic heterocycles. The number of hydrogen-bond donors (Lipinski definition) is 1. The molecule has 0 spiro atoms. The maximum atomic E-state index is 12.1. The van der Waals surface area contributed by atoms with Crippen molar-refractivity contribution in [1.29, 1.82) is 0 Å². The Hall–Kier alpha value is -0.900. The highest BCUT2D eigenvalue weighted by Gasteiger charge is 2.53. The molecule has 3 atom stereocenters. The average molecular weight is 337 g/mol. The number of nitrogens with one attached hydrogen (secondary N) is 1. The molecule has 0 radical (unpaired) electrons. The molecule has 4 heteroatoms. The summed E-state index contributed by atoms with van der Waals surface area (Å²) in [7, 11) is 0. The van der Waals surface area contributed by atoms with Crippen molar-refractivity contribution in [3.63, 3.8) is 0 Å². The van der Waals surface area contributed by atoms with E-state index < -0.39 is 0 Å². The van der Waals surface area contributed by atoms with Crippen molar-refractivity contribution in [2.45, 2.75) is 33.1 Å². The van der Waals surface area contributed by atoms with Gasteiger partial charge in [-0.1, -0.05) is 13.8 Å². The van der Waals surface area contributed by atoms with Crippen LogP contribution in [0.15, 0.2) is 22.9 Å². The van der Waals surface area contributed by atoms with Gasteiger partial charge in [-0.2, -0.15) is 0 Å². The van der Waals surface area contributed by atoms with Gasteiger partial charge in [0.25, 0.3) is 5.91 Å². The number of amides is 1. The van der Waals surface area contributed by atoms with Crippen LogP contribution in [0.3, 0.4) is 0 Å². The van der Waals surface area contributed by atoms with E-state index in [-0.39, 0.29) is 5.91 Å². The molecule has 0 saturated heterocycles. The number of aromatic nitrogens is 1. The summed E-state index contributed by atoms with van der Waals surface area (Å²) < 4.78 is 0.839. The third-order valence-corrected chi connectivity index (χ3v) is 5.93. The van der Waals surface area contributed by atoms with Crippen molar-refractivity contribution in [1.82, 2.24) is 10.3 Å². The summed E-state index contributed by atoms with van der Waals surface area (Å²) in [5.74, 6) is 2.31. The predicted molar refractivity (Wildman–Crippen MR) is 82.4 cm³/mol. The van der Waals surface area contributed by atoms with E-state index in [0.29, 0.717) is 16.9 Å². The van der Waals surface area contributed by atoms with Crippen LogP contribution in [0.25, 0.3) is 0 Å². The molecule has 0 unspecified atom stereocenters. The summed E-state index contributed by atoms with van der Waals surface area (Å²) in [6.45, 7) is 5.57. The highest BCUT2D eigenvalue weighted by atomic mass is 79.9.